The van der Waals surface area contributed by atoms with Crippen LogP contribution in [0.15, 0.2) is 0 Å². The van der Waals surface area contributed by atoms with Crippen LogP contribution in [0.1, 0.15) is 33.1 Å². The summed E-state index contributed by atoms with van der Waals surface area (Å²) < 4.78 is 0. The Hall–Kier alpha value is -0.0800. The minimum absolute atomic E-state index is 0.734. The van der Waals surface area contributed by atoms with E-state index >= 15 is 0 Å². The summed E-state index contributed by atoms with van der Waals surface area (Å²) in [7, 11) is 0. The van der Waals surface area contributed by atoms with Crippen LogP contribution in [0.4, 0.5) is 0 Å². The topological polar surface area (TPSA) is 15.3 Å². The Morgan fingerprint density at radius 1 is 1.33 bits per heavy atom. The van der Waals surface area contributed by atoms with Crippen molar-refractivity contribution in [2.24, 2.45) is 0 Å². The van der Waals surface area contributed by atoms with Gasteiger partial charge in [-0.1, -0.05) is 6.42 Å². The van der Waals surface area contributed by atoms with Crippen LogP contribution in [-0.4, -0.2) is 36.1 Å². The van der Waals surface area contributed by atoms with Gasteiger partial charge in [-0.25, -0.2) is 0 Å². The average Bonchev–Trinajstić information content (AvgIpc) is 2.49. The maximum absolute atomic E-state index is 3.62. The molecule has 2 heteroatoms. The van der Waals surface area contributed by atoms with Gasteiger partial charge in [-0.3, -0.25) is 4.90 Å². The predicted molar refractivity (Wildman–Crippen MR) is 51.3 cm³/mol. The Labute approximate surface area is 75.3 Å². The Morgan fingerprint density at radius 3 is 2.92 bits per heavy atom. The predicted octanol–water partition coefficient (Wildman–Crippen LogP) is 1.22. The molecule has 12 heavy (non-hydrogen) atoms. The quantitative estimate of drug-likeness (QED) is 0.633. The molecule has 1 aliphatic heterocycles. The van der Waals surface area contributed by atoms with Gasteiger partial charge >= 0.3 is 0 Å². The molecule has 0 spiro atoms. The van der Waals surface area contributed by atoms with E-state index in [2.05, 4.69) is 24.1 Å². The van der Waals surface area contributed by atoms with Crippen LogP contribution in [0.3, 0.4) is 0 Å². The van der Waals surface area contributed by atoms with E-state index in [-0.39, 0.29) is 0 Å². The van der Waals surface area contributed by atoms with Crippen LogP contribution in [0.2, 0.25) is 0 Å². The molecule has 2 atom stereocenters. The fourth-order valence-corrected chi connectivity index (χ4v) is 2.76. The number of nitrogens with one attached hydrogen (secondary N) is 1. The van der Waals surface area contributed by atoms with Gasteiger partial charge in [0.1, 0.15) is 0 Å². The van der Waals surface area contributed by atoms with Gasteiger partial charge < -0.3 is 5.32 Å². The first-order valence-corrected chi connectivity index (χ1v) is 5.28. The van der Waals surface area contributed by atoms with E-state index in [4.69, 9.17) is 0 Å². The SMILES string of the molecule is CC(C)N1CCN[C@H]2CCCC21. The highest BCUT2D eigenvalue weighted by Gasteiger charge is 2.35. The summed E-state index contributed by atoms with van der Waals surface area (Å²) in [5, 5.41) is 3.62. The lowest BCUT2D eigenvalue weighted by molar-refractivity contribution is 0.103. The highest BCUT2D eigenvalue weighted by atomic mass is 15.3. The average molecular weight is 168 g/mol. The smallest absolute Gasteiger partial charge is 0.0252 e. The van der Waals surface area contributed by atoms with Crippen molar-refractivity contribution in [3.05, 3.63) is 0 Å². The second-order valence-corrected chi connectivity index (χ2v) is 4.39. The van der Waals surface area contributed by atoms with Crippen LogP contribution in [0.25, 0.3) is 0 Å². The van der Waals surface area contributed by atoms with Gasteiger partial charge in [-0.2, -0.15) is 0 Å². The number of nitrogens with zero attached hydrogens (tertiary/aromatic N) is 1. The number of hydrogen-bond donors (Lipinski definition) is 1. The molecule has 2 rings (SSSR count). The molecule has 0 aromatic heterocycles. The molecule has 1 unspecified atom stereocenters. The van der Waals surface area contributed by atoms with Crippen molar-refractivity contribution in [1.82, 2.24) is 10.2 Å². The largest absolute Gasteiger partial charge is 0.311 e. The lowest BCUT2D eigenvalue weighted by Crippen LogP contribution is -2.57. The number of fused-ring (bicyclic) bond motifs is 1. The van der Waals surface area contributed by atoms with Crippen molar-refractivity contribution < 1.29 is 0 Å². The van der Waals surface area contributed by atoms with Gasteiger partial charge in [0.05, 0.1) is 0 Å². The second-order valence-electron chi connectivity index (χ2n) is 4.39. The Bertz CT molecular complexity index is 156. The van der Waals surface area contributed by atoms with Crippen molar-refractivity contribution in [1.29, 1.82) is 0 Å². The molecule has 70 valence electrons. The van der Waals surface area contributed by atoms with Gasteiger partial charge in [0.15, 0.2) is 0 Å². The number of hydrogen-bond acceptors (Lipinski definition) is 2. The molecule has 1 aliphatic carbocycles. The molecule has 0 aromatic carbocycles. The Kier molecular flexibility index (Phi) is 2.37. The van der Waals surface area contributed by atoms with Crippen molar-refractivity contribution in [3.8, 4) is 0 Å². The third-order valence-electron chi connectivity index (χ3n) is 3.35. The number of rotatable bonds is 1. The molecule has 1 heterocycles. The van der Waals surface area contributed by atoms with Gasteiger partial charge in [-0.15, -0.1) is 0 Å². The lowest BCUT2D eigenvalue weighted by Gasteiger charge is -2.41. The van der Waals surface area contributed by atoms with Crippen LogP contribution < -0.4 is 5.32 Å². The van der Waals surface area contributed by atoms with Gasteiger partial charge in [0.25, 0.3) is 0 Å². The Morgan fingerprint density at radius 2 is 2.17 bits per heavy atom. The zero-order valence-electron chi connectivity index (χ0n) is 8.21. The van der Waals surface area contributed by atoms with Crippen molar-refractivity contribution in [2.45, 2.75) is 51.2 Å². The molecule has 0 bridgehead atoms. The minimum atomic E-state index is 0.734. The first kappa shape index (κ1) is 8.52. The van der Waals surface area contributed by atoms with Crippen molar-refractivity contribution >= 4 is 0 Å². The first-order chi connectivity index (χ1) is 5.79. The fourth-order valence-electron chi connectivity index (χ4n) is 2.76. The molecule has 2 aliphatic rings. The van der Waals surface area contributed by atoms with E-state index in [1.165, 1.54) is 32.4 Å². The highest BCUT2D eigenvalue weighted by Crippen LogP contribution is 2.27. The van der Waals surface area contributed by atoms with E-state index in [0.717, 1.165) is 18.1 Å². The molecule has 1 saturated carbocycles. The molecule has 1 saturated heterocycles. The monoisotopic (exact) mass is 168 g/mol. The van der Waals surface area contributed by atoms with Gasteiger partial charge in [-0.05, 0) is 26.7 Å². The van der Waals surface area contributed by atoms with Gasteiger partial charge in [0, 0.05) is 31.2 Å². The first-order valence-electron chi connectivity index (χ1n) is 5.28. The summed E-state index contributed by atoms with van der Waals surface area (Å²) in [4.78, 5) is 2.67. The molecule has 2 nitrogen and oxygen atoms in total. The summed E-state index contributed by atoms with van der Waals surface area (Å²) in [6.07, 6.45) is 4.23. The summed E-state index contributed by atoms with van der Waals surface area (Å²) in [6.45, 7) is 7.08. The van der Waals surface area contributed by atoms with Crippen molar-refractivity contribution in [2.75, 3.05) is 13.1 Å². The van der Waals surface area contributed by atoms with E-state index < -0.39 is 0 Å². The second kappa shape index (κ2) is 3.35. The third kappa shape index (κ3) is 1.38. The molecule has 0 aromatic rings. The molecule has 0 amide bonds. The third-order valence-corrected chi connectivity index (χ3v) is 3.35. The van der Waals surface area contributed by atoms with Crippen LogP contribution in [0, 0.1) is 0 Å². The van der Waals surface area contributed by atoms with Crippen LogP contribution in [-0.2, 0) is 0 Å². The maximum atomic E-state index is 3.62. The minimum Gasteiger partial charge on any atom is -0.311 e. The Balaban J connectivity index is 2.03. The van der Waals surface area contributed by atoms with Gasteiger partial charge in [0.2, 0.25) is 0 Å². The molecular formula is C10H20N2. The van der Waals surface area contributed by atoms with E-state index in [9.17, 15) is 0 Å². The van der Waals surface area contributed by atoms with E-state index in [1.807, 2.05) is 0 Å². The zero-order valence-corrected chi connectivity index (χ0v) is 8.21. The lowest BCUT2D eigenvalue weighted by atomic mass is 10.1. The van der Waals surface area contributed by atoms with E-state index in [0.29, 0.717) is 0 Å². The summed E-state index contributed by atoms with van der Waals surface area (Å²) in [6, 6.07) is 2.39. The van der Waals surface area contributed by atoms with Crippen LogP contribution in [0.5, 0.6) is 0 Å². The van der Waals surface area contributed by atoms with E-state index in [1.54, 1.807) is 0 Å². The normalized spacial score (nSPS) is 37.2. The molecule has 0 radical (unpaired) electrons. The molecule has 2 fully saturated rings. The summed E-state index contributed by atoms with van der Waals surface area (Å²) in [5.74, 6) is 0. The molecular weight excluding hydrogens is 148 g/mol. The number of piperazine rings is 1. The highest BCUT2D eigenvalue weighted by molar-refractivity contribution is 4.94. The maximum Gasteiger partial charge on any atom is 0.0252 e. The summed E-state index contributed by atoms with van der Waals surface area (Å²) >= 11 is 0. The van der Waals surface area contributed by atoms with Crippen LogP contribution >= 0.6 is 0 Å². The fraction of sp³-hybridized carbons (Fsp3) is 1.00. The standard InChI is InChI=1S/C10H20N2/c1-8(2)12-7-6-11-9-4-3-5-10(9)12/h8-11H,3-7H2,1-2H3/t9-,10?/m0/s1. The summed E-state index contributed by atoms with van der Waals surface area (Å²) in [5.41, 5.74) is 0. The molecule has 1 N–H and O–H groups in total. The van der Waals surface area contributed by atoms with Crippen molar-refractivity contribution in [3.63, 3.8) is 0 Å². The zero-order chi connectivity index (χ0) is 8.55.